The molecule has 0 bridgehead atoms. The minimum absolute atomic E-state index is 0.159. The van der Waals surface area contributed by atoms with Crippen molar-refractivity contribution in [3.8, 4) is 0 Å². The largest absolute Gasteiger partial charge is 0.376 e. The Labute approximate surface area is 142 Å². The molecule has 132 valence electrons. The average Bonchev–Trinajstić information content (AvgIpc) is 3.03. The van der Waals surface area contributed by atoms with Gasteiger partial charge in [0.2, 0.25) is 15.9 Å². The van der Waals surface area contributed by atoms with E-state index in [-0.39, 0.29) is 24.5 Å². The molecular weight excluding hydrogens is 340 g/mol. The minimum Gasteiger partial charge on any atom is -0.376 e. The van der Waals surface area contributed by atoms with E-state index < -0.39 is 10.0 Å². The highest BCUT2D eigenvalue weighted by Crippen LogP contribution is 2.18. The second-order valence-electron chi connectivity index (χ2n) is 5.92. The van der Waals surface area contributed by atoms with Gasteiger partial charge in [-0.2, -0.15) is 0 Å². The molecular formula is C13H24N4O4S2. The highest BCUT2D eigenvalue weighted by atomic mass is 32.2. The van der Waals surface area contributed by atoms with Crippen LogP contribution in [0, 0.1) is 5.92 Å². The first-order valence-electron chi connectivity index (χ1n) is 7.76. The highest BCUT2D eigenvalue weighted by molar-refractivity contribution is 7.88. The van der Waals surface area contributed by atoms with Gasteiger partial charge in [-0.25, -0.2) is 12.7 Å². The number of piperidine rings is 1. The van der Waals surface area contributed by atoms with Crippen molar-refractivity contribution >= 4 is 33.3 Å². The van der Waals surface area contributed by atoms with Crippen LogP contribution in [0.2, 0.25) is 0 Å². The molecule has 0 aromatic heterocycles. The molecule has 2 aliphatic rings. The molecule has 3 N–H and O–H groups in total. The summed E-state index contributed by atoms with van der Waals surface area (Å²) in [4.78, 5) is 12.1. The highest BCUT2D eigenvalue weighted by Gasteiger charge is 2.30. The first-order valence-corrected chi connectivity index (χ1v) is 10.0. The Morgan fingerprint density at radius 3 is 2.74 bits per heavy atom. The lowest BCUT2D eigenvalue weighted by Crippen LogP contribution is -2.52. The SMILES string of the molecule is CS(=O)(=O)N1CCC[C@H](C(=O)NNC(=S)NC[C@H]2CCCO2)C1. The van der Waals surface area contributed by atoms with Gasteiger partial charge < -0.3 is 10.1 Å². The first-order chi connectivity index (χ1) is 10.9. The van der Waals surface area contributed by atoms with Crippen molar-refractivity contribution in [1.29, 1.82) is 0 Å². The summed E-state index contributed by atoms with van der Waals surface area (Å²) in [6.07, 6.45) is 4.72. The number of carbonyl (C=O) groups excluding carboxylic acids is 1. The number of amides is 1. The lowest BCUT2D eigenvalue weighted by Gasteiger charge is -2.30. The van der Waals surface area contributed by atoms with E-state index in [1.54, 1.807) is 0 Å². The topological polar surface area (TPSA) is 99.8 Å². The van der Waals surface area contributed by atoms with Crippen LogP contribution in [0.15, 0.2) is 0 Å². The summed E-state index contributed by atoms with van der Waals surface area (Å²) in [5.74, 6) is -0.619. The molecule has 2 saturated heterocycles. The smallest absolute Gasteiger partial charge is 0.242 e. The predicted octanol–water partition coefficient (Wildman–Crippen LogP) is -0.668. The maximum Gasteiger partial charge on any atom is 0.242 e. The molecule has 1 amide bonds. The summed E-state index contributed by atoms with van der Waals surface area (Å²) in [6, 6.07) is 0. The van der Waals surface area contributed by atoms with Crippen LogP contribution in [0.25, 0.3) is 0 Å². The lowest BCUT2D eigenvalue weighted by molar-refractivity contribution is -0.126. The zero-order valence-corrected chi connectivity index (χ0v) is 14.8. The normalized spacial score (nSPS) is 25.8. The molecule has 2 fully saturated rings. The third kappa shape index (κ3) is 5.87. The first kappa shape index (κ1) is 18.4. The van der Waals surface area contributed by atoms with Gasteiger partial charge in [0.25, 0.3) is 0 Å². The van der Waals surface area contributed by atoms with Crippen LogP contribution in [-0.4, -0.2) is 62.3 Å². The Morgan fingerprint density at radius 2 is 2.09 bits per heavy atom. The van der Waals surface area contributed by atoms with Crippen molar-refractivity contribution in [2.24, 2.45) is 5.92 Å². The van der Waals surface area contributed by atoms with Crippen LogP contribution in [0.3, 0.4) is 0 Å². The van der Waals surface area contributed by atoms with E-state index in [0.717, 1.165) is 25.7 Å². The van der Waals surface area contributed by atoms with Gasteiger partial charge >= 0.3 is 0 Å². The summed E-state index contributed by atoms with van der Waals surface area (Å²) >= 11 is 5.09. The van der Waals surface area contributed by atoms with Crippen molar-refractivity contribution in [2.45, 2.75) is 31.8 Å². The van der Waals surface area contributed by atoms with E-state index in [2.05, 4.69) is 16.2 Å². The second-order valence-corrected chi connectivity index (χ2v) is 8.31. The van der Waals surface area contributed by atoms with E-state index in [9.17, 15) is 13.2 Å². The Balaban J connectivity index is 1.70. The Bertz CT molecular complexity index is 534. The van der Waals surface area contributed by atoms with Crippen LogP contribution in [-0.2, 0) is 19.6 Å². The van der Waals surface area contributed by atoms with Crippen molar-refractivity contribution in [3.05, 3.63) is 0 Å². The van der Waals surface area contributed by atoms with Gasteiger partial charge in [-0.05, 0) is 37.9 Å². The lowest BCUT2D eigenvalue weighted by atomic mass is 9.99. The van der Waals surface area contributed by atoms with Crippen LogP contribution in [0.4, 0.5) is 0 Å². The van der Waals surface area contributed by atoms with E-state index in [0.29, 0.717) is 31.0 Å². The fourth-order valence-corrected chi connectivity index (χ4v) is 3.78. The third-order valence-electron chi connectivity index (χ3n) is 4.04. The number of hydrogen-bond donors (Lipinski definition) is 3. The van der Waals surface area contributed by atoms with Crippen molar-refractivity contribution in [3.63, 3.8) is 0 Å². The molecule has 0 unspecified atom stereocenters. The summed E-state index contributed by atoms with van der Waals surface area (Å²) < 4.78 is 29.9. The van der Waals surface area contributed by atoms with E-state index in [1.165, 1.54) is 4.31 Å². The molecule has 23 heavy (non-hydrogen) atoms. The number of carbonyl (C=O) groups is 1. The number of ether oxygens (including phenoxy) is 1. The Morgan fingerprint density at radius 1 is 1.30 bits per heavy atom. The zero-order valence-electron chi connectivity index (χ0n) is 13.2. The second kappa shape index (κ2) is 8.22. The summed E-state index contributed by atoms with van der Waals surface area (Å²) in [7, 11) is -3.26. The Kier molecular flexibility index (Phi) is 6.57. The summed E-state index contributed by atoms with van der Waals surface area (Å²) in [6.45, 7) is 2.06. The van der Waals surface area contributed by atoms with E-state index in [1.807, 2.05) is 0 Å². The molecule has 0 saturated carbocycles. The molecule has 0 aromatic rings. The quantitative estimate of drug-likeness (QED) is 0.449. The molecule has 0 aliphatic carbocycles. The monoisotopic (exact) mass is 364 g/mol. The number of hydrazine groups is 1. The Hall–Kier alpha value is -0.970. The van der Waals surface area contributed by atoms with E-state index >= 15 is 0 Å². The van der Waals surface area contributed by atoms with Gasteiger partial charge in [0, 0.05) is 26.2 Å². The molecule has 0 spiro atoms. The zero-order chi connectivity index (χ0) is 16.9. The number of hydrogen-bond acceptors (Lipinski definition) is 5. The number of thiocarbonyl (C=S) groups is 1. The van der Waals surface area contributed by atoms with Crippen LogP contribution in [0.5, 0.6) is 0 Å². The van der Waals surface area contributed by atoms with E-state index in [4.69, 9.17) is 17.0 Å². The molecule has 0 aromatic carbocycles. The van der Waals surface area contributed by atoms with Crippen molar-refractivity contribution in [2.75, 3.05) is 32.5 Å². The van der Waals surface area contributed by atoms with Gasteiger partial charge in [0.05, 0.1) is 18.3 Å². The maximum atomic E-state index is 12.1. The molecule has 2 rings (SSSR count). The van der Waals surface area contributed by atoms with Gasteiger partial charge in [0.15, 0.2) is 5.11 Å². The molecule has 2 atom stereocenters. The van der Waals surface area contributed by atoms with Crippen molar-refractivity contribution in [1.82, 2.24) is 20.5 Å². The number of nitrogens with one attached hydrogen (secondary N) is 3. The average molecular weight is 364 g/mol. The molecule has 2 aliphatic heterocycles. The maximum absolute atomic E-state index is 12.1. The summed E-state index contributed by atoms with van der Waals surface area (Å²) in [5, 5.41) is 3.31. The molecule has 8 nitrogen and oxygen atoms in total. The predicted molar refractivity (Wildman–Crippen MR) is 90.0 cm³/mol. The van der Waals surface area contributed by atoms with Crippen LogP contribution >= 0.6 is 12.2 Å². The van der Waals surface area contributed by atoms with Gasteiger partial charge in [-0.1, -0.05) is 0 Å². The number of rotatable bonds is 4. The fourth-order valence-electron chi connectivity index (χ4n) is 2.73. The number of sulfonamides is 1. The van der Waals surface area contributed by atoms with Crippen molar-refractivity contribution < 1.29 is 17.9 Å². The van der Waals surface area contributed by atoms with Crippen LogP contribution in [0.1, 0.15) is 25.7 Å². The molecule has 2 heterocycles. The standard InChI is InChI=1S/C13H24N4O4S2/c1-23(19,20)17-6-2-4-10(9-17)12(18)15-16-13(22)14-8-11-5-3-7-21-11/h10-11H,2-9H2,1H3,(H,15,18)(H2,14,16,22)/t10-,11+/m0/s1. The molecule has 10 heteroatoms. The number of nitrogens with zero attached hydrogens (tertiary/aromatic N) is 1. The van der Waals surface area contributed by atoms with Gasteiger partial charge in [-0.3, -0.25) is 15.6 Å². The summed E-state index contributed by atoms with van der Waals surface area (Å²) in [5.41, 5.74) is 5.20. The third-order valence-corrected chi connectivity index (χ3v) is 5.55. The fraction of sp³-hybridized carbons (Fsp3) is 0.846. The van der Waals surface area contributed by atoms with Gasteiger partial charge in [-0.15, -0.1) is 0 Å². The van der Waals surface area contributed by atoms with Crippen LogP contribution < -0.4 is 16.2 Å². The van der Waals surface area contributed by atoms with Gasteiger partial charge in [0.1, 0.15) is 0 Å². The minimum atomic E-state index is -3.26. The molecule has 0 radical (unpaired) electrons.